The molecule has 1 amide bonds. The largest absolute Gasteiger partial charge is 0.508 e. The summed E-state index contributed by atoms with van der Waals surface area (Å²) in [5.74, 6) is -9.13. The van der Waals surface area contributed by atoms with E-state index in [9.17, 15) is 39.9 Å². The molecule has 0 aliphatic heterocycles. The number of aliphatic hydroxyl groups excluding tert-OH is 3. The number of likely N-dealkylation sites (N-methyl/N-ethyl adjacent to an activating group) is 1. The Balaban J connectivity index is 1.86. The second-order valence-electron chi connectivity index (χ2n) is 10.2. The molecule has 1 fully saturated rings. The van der Waals surface area contributed by atoms with Crippen molar-refractivity contribution in [3.05, 3.63) is 80.0 Å². The number of rotatable bonds is 3. The summed E-state index contributed by atoms with van der Waals surface area (Å²) in [6, 6.07) is 7.55. The Morgan fingerprint density at radius 2 is 1.75 bits per heavy atom. The number of nitrogens with zero attached hydrogens (tertiary/aromatic N) is 1. The summed E-state index contributed by atoms with van der Waals surface area (Å²) in [4.78, 5) is 40.9. The quantitative estimate of drug-likeness (QED) is 0.294. The standard InChI is InChI=1S/C28H24Cl2N2O8/c1-32(2)21-20-23(35)17-12(8-10-6-7-13(29)14(30)9-10)11-4-3-5-15(33)16(11)22(34)18(17)25(37)28(20,40)26(38)19(24(21)36)27(31)39/h3-9,17,20-21,23,33-35,38,40H,1-2H3,(H2,31,39)/b12-8+/t17-,20-,21+,23+,28+/m0/s1. The number of carbonyl (C=O) groups excluding carboxylic acids is 3. The lowest BCUT2D eigenvalue weighted by Crippen LogP contribution is -2.70. The van der Waals surface area contributed by atoms with Crippen molar-refractivity contribution in [2.24, 2.45) is 17.6 Å². The van der Waals surface area contributed by atoms with Gasteiger partial charge < -0.3 is 31.3 Å². The van der Waals surface area contributed by atoms with Crippen LogP contribution in [0.5, 0.6) is 5.75 Å². The Labute approximate surface area is 237 Å². The maximum absolute atomic E-state index is 14.1. The average molecular weight is 587 g/mol. The molecule has 7 N–H and O–H groups in total. The summed E-state index contributed by atoms with van der Waals surface area (Å²) in [6.45, 7) is 0. The Bertz CT molecular complexity index is 1610. The molecule has 1 saturated carbocycles. The molecule has 3 aliphatic rings. The molecule has 208 valence electrons. The lowest BCUT2D eigenvalue weighted by atomic mass is 9.55. The van der Waals surface area contributed by atoms with Crippen molar-refractivity contribution in [3.8, 4) is 5.75 Å². The third kappa shape index (κ3) is 3.71. The van der Waals surface area contributed by atoms with Crippen molar-refractivity contribution in [2.75, 3.05) is 14.1 Å². The van der Waals surface area contributed by atoms with Crippen molar-refractivity contribution in [3.63, 3.8) is 0 Å². The molecule has 2 aromatic rings. The minimum absolute atomic E-state index is 0.155. The summed E-state index contributed by atoms with van der Waals surface area (Å²) in [6.07, 6.45) is -0.213. The van der Waals surface area contributed by atoms with Gasteiger partial charge in [-0.2, -0.15) is 0 Å². The number of phenols is 1. The number of fused-ring (bicyclic) bond motifs is 3. The highest BCUT2D eigenvalue weighted by Gasteiger charge is 2.68. The number of aromatic hydroxyl groups is 1. The van der Waals surface area contributed by atoms with Gasteiger partial charge in [0, 0.05) is 5.92 Å². The van der Waals surface area contributed by atoms with Crippen LogP contribution in [0.4, 0.5) is 0 Å². The van der Waals surface area contributed by atoms with E-state index in [-0.39, 0.29) is 26.7 Å². The van der Waals surface area contributed by atoms with E-state index in [1.54, 1.807) is 18.2 Å². The predicted molar refractivity (Wildman–Crippen MR) is 146 cm³/mol. The third-order valence-corrected chi connectivity index (χ3v) is 8.53. The number of nitrogens with two attached hydrogens (primary N) is 1. The van der Waals surface area contributed by atoms with Crippen LogP contribution in [0.3, 0.4) is 0 Å². The van der Waals surface area contributed by atoms with Crippen molar-refractivity contribution >= 4 is 58.1 Å². The fraction of sp³-hybridized carbons (Fsp3) is 0.250. The lowest BCUT2D eigenvalue weighted by molar-refractivity contribution is -0.166. The number of benzene rings is 2. The molecular formula is C28H24Cl2N2O8. The molecule has 0 heterocycles. The van der Waals surface area contributed by atoms with Gasteiger partial charge in [0.25, 0.3) is 5.91 Å². The molecule has 0 aromatic heterocycles. The van der Waals surface area contributed by atoms with Crippen LogP contribution in [-0.2, 0) is 14.4 Å². The van der Waals surface area contributed by atoms with Crippen LogP contribution < -0.4 is 5.73 Å². The van der Waals surface area contributed by atoms with E-state index >= 15 is 0 Å². The molecule has 3 aliphatic carbocycles. The van der Waals surface area contributed by atoms with Crippen molar-refractivity contribution in [2.45, 2.75) is 17.7 Å². The van der Waals surface area contributed by atoms with E-state index < -0.39 is 75.5 Å². The Morgan fingerprint density at radius 1 is 1.07 bits per heavy atom. The summed E-state index contributed by atoms with van der Waals surface area (Å²) < 4.78 is 0. The van der Waals surface area contributed by atoms with Crippen molar-refractivity contribution in [1.29, 1.82) is 0 Å². The SMILES string of the molecule is CN(C)[C@H]1C(=O)C(C(N)=O)=C(O)[C@]2(O)C(=O)C3=C(O)c4c(O)cccc4/C(=C\c4ccc(Cl)c(Cl)c4)[C@@H]3[C@@H](O)[C@H]12. The van der Waals surface area contributed by atoms with E-state index in [4.69, 9.17) is 28.9 Å². The van der Waals surface area contributed by atoms with E-state index in [0.29, 0.717) is 5.56 Å². The topological polar surface area (TPSA) is 182 Å². The van der Waals surface area contributed by atoms with Crippen LogP contribution >= 0.6 is 23.2 Å². The van der Waals surface area contributed by atoms with Crippen molar-refractivity contribution < 1.29 is 39.9 Å². The molecule has 5 atom stereocenters. The van der Waals surface area contributed by atoms with E-state index in [2.05, 4.69) is 0 Å². The average Bonchev–Trinajstić information content (AvgIpc) is 2.87. The zero-order valence-electron chi connectivity index (χ0n) is 21.1. The zero-order valence-corrected chi connectivity index (χ0v) is 22.6. The number of phenolic OH excluding ortho intramolecular Hbond substituents is 1. The number of halogens is 2. The van der Waals surface area contributed by atoms with E-state index in [1.165, 1.54) is 43.3 Å². The van der Waals surface area contributed by atoms with Crippen LogP contribution in [-0.4, -0.2) is 79.7 Å². The lowest BCUT2D eigenvalue weighted by Gasteiger charge is -2.53. The van der Waals surface area contributed by atoms with Crippen LogP contribution in [0.2, 0.25) is 10.0 Å². The van der Waals surface area contributed by atoms with Crippen LogP contribution in [0.25, 0.3) is 17.4 Å². The maximum Gasteiger partial charge on any atom is 0.255 e. The normalized spacial score (nSPS) is 29.0. The smallest absolute Gasteiger partial charge is 0.255 e. The first kappa shape index (κ1) is 27.9. The molecule has 0 radical (unpaired) electrons. The highest BCUT2D eigenvalue weighted by atomic mass is 35.5. The minimum Gasteiger partial charge on any atom is -0.508 e. The molecule has 0 saturated heterocycles. The summed E-state index contributed by atoms with van der Waals surface area (Å²) >= 11 is 12.3. The van der Waals surface area contributed by atoms with E-state index in [1.807, 2.05) is 0 Å². The van der Waals surface area contributed by atoms with Gasteiger partial charge in [0.15, 0.2) is 11.4 Å². The van der Waals surface area contributed by atoms with Gasteiger partial charge >= 0.3 is 0 Å². The number of amides is 1. The first-order chi connectivity index (χ1) is 18.7. The van der Waals surface area contributed by atoms with Gasteiger partial charge in [-0.05, 0) is 49.0 Å². The molecule has 5 rings (SSSR count). The molecule has 12 heteroatoms. The molecule has 40 heavy (non-hydrogen) atoms. The minimum atomic E-state index is -3.01. The first-order valence-corrected chi connectivity index (χ1v) is 12.8. The number of hydrogen-bond donors (Lipinski definition) is 6. The maximum atomic E-state index is 14.1. The van der Waals surface area contributed by atoms with Gasteiger partial charge in [-0.25, -0.2) is 0 Å². The van der Waals surface area contributed by atoms with Crippen LogP contribution in [0.1, 0.15) is 16.7 Å². The fourth-order valence-electron chi connectivity index (χ4n) is 6.09. The Morgan fingerprint density at radius 3 is 2.35 bits per heavy atom. The van der Waals surface area contributed by atoms with Gasteiger partial charge in [0.05, 0.1) is 39.2 Å². The fourth-order valence-corrected chi connectivity index (χ4v) is 6.40. The summed E-state index contributed by atoms with van der Waals surface area (Å²) in [7, 11) is 2.87. The Kier molecular flexibility index (Phi) is 6.60. The molecule has 10 nitrogen and oxygen atoms in total. The highest BCUT2D eigenvalue weighted by Crippen LogP contribution is 2.56. The molecule has 0 spiro atoms. The second kappa shape index (κ2) is 9.46. The summed E-state index contributed by atoms with van der Waals surface area (Å²) in [5, 5.41) is 57.2. The van der Waals surface area contributed by atoms with Gasteiger partial charge in [-0.1, -0.05) is 47.5 Å². The number of aliphatic hydroxyl groups is 4. The van der Waals surface area contributed by atoms with Gasteiger partial charge in [-0.15, -0.1) is 0 Å². The van der Waals surface area contributed by atoms with Crippen LogP contribution in [0.15, 0.2) is 53.3 Å². The number of carbonyl (C=O) groups is 3. The van der Waals surface area contributed by atoms with Gasteiger partial charge in [0.2, 0.25) is 5.78 Å². The Hall–Kier alpha value is -3.67. The summed E-state index contributed by atoms with van der Waals surface area (Å²) in [5.41, 5.74) is 1.65. The zero-order chi connectivity index (χ0) is 29.4. The first-order valence-electron chi connectivity index (χ1n) is 12.0. The third-order valence-electron chi connectivity index (χ3n) is 7.80. The molecule has 0 bridgehead atoms. The monoisotopic (exact) mass is 586 g/mol. The number of Topliss-reactive ketones (excluding diaryl/α,β-unsaturated/α-hetero) is 2. The number of ketones is 2. The molecular weight excluding hydrogens is 563 g/mol. The predicted octanol–water partition coefficient (Wildman–Crippen LogP) is 2.24. The van der Waals surface area contributed by atoms with E-state index in [0.717, 1.165) is 0 Å². The van der Waals surface area contributed by atoms with Gasteiger partial charge in [0.1, 0.15) is 22.8 Å². The number of hydrogen-bond acceptors (Lipinski definition) is 9. The second-order valence-corrected chi connectivity index (χ2v) is 11.0. The molecule has 0 unspecified atom stereocenters. The van der Waals surface area contributed by atoms with Crippen molar-refractivity contribution in [1.82, 2.24) is 4.90 Å². The number of primary amides is 1. The highest BCUT2D eigenvalue weighted by molar-refractivity contribution is 6.42. The molecule has 2 aromatic carbocycles. The van der Waals surface area contributed by atoms with Crippen LogP contribution in [0, 0.1) is 11.8 Å². The van der Waals surface area contributed by atoms with Gasteiger partial charge in [-0.3, -0.25) is 19.3 Å².